The molecule has 19 heavy (non-hydrogen) atoms. The van der Waals surface area contributed by atoms with Crippen LogP contribution < -0.4 is 5.32 Å². The average molecular weight is 261 g/mol. The number of amides is 1. The Kier molecular flexibility index (Phi) is 3.22. The van der Waals surface area contributed by atoms with E-state index in [-0.39, 0.29) is 11.3 Å². The molecule has 4 heteroatoms. The van der Waals surface area contributed by atoms with Crippen molar-refractivity contribution in [3.63, 3.8) is 0 Å². The Balaban J connectivity index is 2.64. The van der Waals surface area contributed by atoms with Gasteiger partial charge < -0.3 is 10.1 Å². The van der Waals surface area contributed by atoms with Gasteiger partial charge in [-0.15, -0.1) is 0 Å². The third-order valence-electron chi connectivity index (χ3n) is 3.85. The minimum absolute atomic E-state index is 0.148. The third kappa shape index (κ3) is 1.96. The lowest BCUT2D eigenvalue weighted by Gasteiger charge is -2.42. The molecule has 0 radical (unpaired) electrons. The Morgan fingerprint density at radius 3 is 2.58 bits per heavy atom. The van der Waals surface area contributed by atoms with E-state index in [9.17, 15) is 9.59 Å². The predicted octanol–water partition coefficient (Wildman–Crippen LogP) is 2.13. The van der Waals surface area contributed by atoms with Gasteiger partial charge in [-0.3, -0.25) is 9.59 Å². The fourth-order valence-electron chi connectivity index (χ4n) is 2.66. The monoisotopic (exact) mass is 261 g/mol. The highest BCUT2D eigenvalue weighted by molar-refractivity contribution is 6.01. The number of hydrogen-bond acceptors (Lipinski definition) is 3. The van der Waals surface area contributed by atoms with Gasteiger partial charge in [0.25, 0.3) is 5.91 Å². The van der Waals surface area contributed by atoms with Crippen LogP contribution >= 0.6 is 0 Å². The number of rotatable bonds is 3. The molecular formula is C15H19NO3. The zero-order chi connectivity index (χ0) is 14.3. The van der Waals surface area contributed by atoms with Crippen molar-refractivity contribution in [2.24, 2.45) is 5.41 Å². The molecule has 102 valence electrons. The summed E-state index contributed by atoms with van der Waals surface area (Å²) in [7, 11) is 1.62. The molecule has 1 aliphatic heterocycles. The first-order valence-electron chi connectivity index (χ1n) is 6.27. The highest BCUT2D eigenvalue weighted by Crippen LogP contribution is 2.44. The molecule has 0 aromatic heterocycles. The maximum Gasteiger partial charge on any atom is 0.252 e. The number of fused-ring (bicyclic) bond motifs is 1. The van der Waals surface area contributed by atoms with Crippen molar-refractivity contribution in [3.8, 4) is 0 Å². The Hall–Kier alpha value is -1.68. The Labute approximate surface area is 113 Å². The van der Waals surface area contributed by atoms with Gasteiger partial charge in [0.2, 0.25) is 0 Å². The SMILES string of the molecule is COCC1(C(C)(C)C)NC(=O)c2cc(C=O)ccc21. The number of aldehydes is 1. The van der Waals surface area contributed by atoms with Gasteiger partial charge in [-0.25, -0.2) is 0 Å². The second kappa shape index (κ2) is 4.46. The maximum atomic E-state index is 12.2. The van der Waals surface area contributed by atoms with E-state index in [4.69, 9.17) is 4.74 Å². The molecular weight excluding hydrogens is 242 g/mol. The van der Waals surface area contributed by atoms with Gasteiger partial charge in [0, 0.05) is 18.2 Å². The Morgan fingerprint density at radius 1 is 1.37 bits per heavy atom. The predicted molar refractivity (Wildman–Crippen MR) is 72.3 cm³/mol. The van der Waals surface area contributed by atoms with Crippen LogP contribution in [0, 0.1) is 5.41 Å². The summed E-state index contributed by atoms with van der Waals surface area (Å²) in [6.45, 7) is 6.59. The van der Waals surface area contributed by atoms with E-state index in [0.717, 1.165) is 11.8 Å². The third-order valence-corrected chi connectivity index (χ3v) is 3.85. The average Bonchev–Trinajstić information content (AvgIpc) is 2.63. The van der Waals surface area contributed by atoms with Gasteiger partial charge in [-0.2, -0.15) is 0 Å². The summed E-state index contributed by atoms with van der Waals surface area (Å²) in [5, 5.41) is 3.05. The molecule has 1 heterocycles. The second-order valence-electron chi connectivity index (χ2n) is 5.97. The van der Waals surface area contributed by atoms with Gasteiger partial charge in [-0.05, 0) is 17.0 Å². The minimum Gasteiger partial charge on any atom is -0.382 e. The fraction of sp³-hybridized carbons (Fsp3) is 0.467. The molecule has 1 atom stereocenters. The smallest absolute Gasteiger partial charge is 0.252 e. The maximum absolute atomic E-state index is 12.2. The number of nitrogens with one attached hydrogen (secondary N) is 1. The number of carbonyl (C=O) groups excluding carboxylic acids is 2. The number of benzene rings is 1. The van der Waals surface area contributed by atoms with Crippen LogP contribution in [0.5, 0.6) is 0 Å². The topological polar surface area (TPSA) is 55.4 Å². The van der Waals surface area contributed by atoms with Crippen LogP contribution in [0.3, 0.4) is 0 Å². The zero-order valence-corrected chi connectivity index (χ0v) is 11.7. The van der Waals surface area contributed by atoms with Crippen LogP contribution in [-0.2, 0) is 10.3 Å². The van der Waals surface area contributed by atoms with Crippen LogP contribution in [0.25, 0.3) is 0 Å². The first kappa shape index (κ1) is 13.7. The highest BCUT2D eigenvalue weighted by atomic mass is 16.5. The molecule has 1 amide bonds. The van der Waals surface area contributed by atoms with Crippen molar-refractivity contribution in [1.29, 1.82) is 0 Å². The van der Waals surface area contributed by atoms with Crippen LogP contribution in [0.15, 0.2) is 18.2 Å². The fourth-order valence-corrected chi connectivity index (χ4v) is 2.66. The van der Waals surface area contributed by atoms with E-state index >= 15 is 0 Å². The Bertz CT molecular complexity index is 531. The van der Waals surface area contributed by atoms with Gasteiger partial charge in [-0.1, -0.05) is 32.9 Å². The van der Waals surface area contributed by atoms with Gasteiger partial charge >= 0.3 is 0 Å². The number of hydrogen-bond donors (Lipinski definition) is 1. The standard InChI is InChI=1S/C15H19NO3/c1-14(2,3)15(9-19-4)12-6-5-10(8-17)7-11(12)13(18)16-15/h5-8H,9H2,1-4H3,(H,16,18). The summed E-state index contributed by atoms with van der Waals surface area (Å²) in [4.78, 5) is 23.0. The van der Waals surface area contributed by atoms with Crippen molar-refractivity contribution in [1.82, 2.24) is 5.32 Å². The summed E-state index contributed by atoms with van der Waals surface area (Å²) >= 11 is 0. The molecule has 1 aliphatic rings. The molecule has 0 saturated carbocycles. The van der Waals surface area contributed by atoms with Gasteiger partial charge in [0.05, 0.1) is 12.1 Å². The lowest BCUT2D eigenvalue weighted by molar-refractivity contribution is 0.0362. The van der Waals surface area contributed by atoms with E-state index in [1.54, 1.807) is 19.2 Å². The lowest BCUT2D eigenvalue weighted by Crippen LogP contribution is -2.53. The van der Waals surface area contributed by atoms with Crippen molar-refractivity contribution in [3.05, 3.63) is 34.9 Å². The van der Waals surface area contributed by atoms with Crippen LogP contribution in [0.1, 0.15) is 47.1 Å². The molecule has 0 bridgehead atoms. The molecule has 2 rings (SSSR count). The van der Waals surface area contributed by atoms with Gasteiger partial charge in [0.1, 0.15) is 6.29 Å². The number of ether oxygens (including phenoxy) is 1. The van der Waals surface area contributed by atoms with E-state index in [1.807, 2.05) is 6.07 Å². The molecule has 0 spiro atoms. The molecule has 0 fully saturated rings. The van der Waals surface area contributed by atoms with Crippen LogP contribution in [-0.4, -0.2) is 25.9 Å². The van der Waals surface area contributed by atoms with E-state index in [2.05, 4.69) is 26.1 Å². The van der Waals surface area contributed by atoms with E-state index in [0.29, 0.717) is 17.7 Å². The first-order valence-corrected chi connectivity index (χ1v) is 6.27. The Morgan fingerprint density at radius 2 is 2.05 bits per heavy atom. The summed E-state index contributed by atoms with van der Waals surface area (Å²) in [6, 6.07) is 5.23. The zero-order valence-electron chi connectivity index (χ0n) is 11.7. The first-order chi connectivity index (χ1) is 8.85. The highest BCUT2D eigenvalue weighted by Gasteiger charge is 2.50. The minimum atomic E-state index is -0.560. The number of methoxy groups -OCH3 is 1. The van der Waals surface area contributed by atoms with E-state index < -0.39 is 5.54 Å². The molecule has 1 aromatic rings. The van der Waals surface area contributed by atoms with Crippen LogP contribution in [0.2, 0.25) is 0 Å². The van der Waals surface area contributed by atoms with Gasteiger partial charge in [0.15, 0.2) is 0 Å². The molecule has 1 unspecified atom stereocenters. The van der Waals surface area contributed by atoms with E-state index in [1.165, 1.54) is 0 Å². The quantitative estimate of drug-likeness (QED) is 0.848. The molecule has 0 saturated heterocycles. The molecule has 0 aliphatic carbocycles. The van der Waals surface area contributed by atoms with Crippen molar-refractivity contribution >= 4 is 12.2 Å². The summed E-state index contributed by atoms with van der Waals surface area (Å²) in [5.41, 5.74) is 1.22. The summed E-state index contributed by atoms with van der Waals surface area (Å²) in [6.07, 6.45) is 0.751. The van der Waals surface area contributed by atoms with Crippen LogP contribution in [0.4, 0.5) is 0 Å². The molecule has 1 N–H and O–H groups in total. The summed E-state index contributed by atoms with van der Waals surface area (Å²) < 4.78 is 5.33. The van der Waals surface area contributed by atoms with Crippen molar-refractivity contribution in [2.75, 3.05) is 13.7 Å². The normalized spacial score (nSPS) is 22.0. The van der Waals surface area contributed by atoms with Crippen molar-refractivity contribution < 1.29 is 14.3 Å². The molecule has 4 nitrogen and oxygen atoms in total. The number of carbonyl (C=O) groups is 2. The second-order valence-corrected chi connectivity index (χ2v) is 5.97. The summed E-state index contributed by atoms with van der Waals surface area (Å²) in [5.74, 6) is -0.148. The molecule has 1 aromatic carbocycles. The largest absolute Gasteiger partial charge is 0.382 e. The van der Waals surface area contributed by atoms with Crippen molar-refractivity contribution in [2.45, 2.75) is 26.3 Å². The lowest BCUT2D eigenvalue weighted by atomic mass is 9.70.